The summed E-state index contributed by atoms with van der Waals surface area (Å²) in [5.74, 6) is 1.19. The molecule has 3 aromatic rings. The van der Waals surface area contributed by atoms with E-state index in [0.717, 1.165) is 39.3 Å². The van der Waals surface area contributed by atoms with Crippen LogP contribution in [0.3, 0.4) is 0 Å². The molecule has 0 atom stereocenters. The Kier molecular flexibility index (Phi) is 4.11. The fourth-order valence-corrected chi connectivity index (χ4v) is 4.56. The molecule has 0 unspecified atom stereocenters. The Morgan fingerprint density at radius 1 is 0.933 bits per heavy atom. The maximum atomic E-state index is 14.1. The monoisotopic (exact) mass is 397 g/mol. The molecule has 30 heavy (non-hydrogen) atoms. The van der Waals surface area contributed by atoms with Gasteiger partial charge in [-0.05, 0) is 80.3 Å². The van der Waals surface area contributed by atoms with Gasteiger partial charge in [0.2, 0.25) is 0 Å². The molecule has 2 aliphatic rings. The normalized spacial score (nSPS) is 17.2. The van der Waals surface area contributed by atoms with E-state index in [1.54, 1.807) is 12.1 Å². The Labute approximate surface area is 176 Å². The average molecular weight is 397 g/mol. The quantitative estimate of drug-likeness (QED) is 0.465. The van der Waals surface area contributed by atoms with Crippen molar-refractivity contribution in [2.75, 3.05) is 5.32 Å². The molecule has 0 spiro atoms. The van der Waals surface area contributed by atoms with Gasteiger partial charge in [0.1, 0.15) is 17.3 Å². The third-order valence-corrected chi connectivity index (χ3v) is 5.81. The van der Waals surface area contributed by atoms with E-state index in [9.17, 15) is 4.39 Å². The maximum absolute atomic E-state index is 14.1. The van der Waals surface area contributed by atoms with Crippen LogP contribution in [0.25, 0.3) is 28.5 Å². The molecule has 2 aliphatic heterocycles. The number of allylic oxidation sites excluding steroid dienone is 1. The van der Waals surface area contributed by atoms with Crippen LogP contribution < -0.4 is 10.1 Å². The smallest absolute Gasteiger partial charge is 0.136 e. The molecule has 3 heteroatoms. The van der Waals surface area contributed by atoms with Crippen molar-refractivity contribution in [3.8, 4) is 16.9 Å². The topological polar surface area (TPSA) is 21.3 Å². The average Bonchev–Trinajstić information content (AvgIpc) is 2.68. The van der Waals surface area contributed by atoms with Crippen LogP contribution in [0.15, 0.2) is 60.7 Å². The van der Waals surface area contributed by atoms with Crippen molar-refractivity contribution in [1.29, 1.82) is 0 Å². The number of anilines is 1. The minimum Gasteiger partial charge on any atom is -0.456 e. The van der Waals surface area contributed by atoms with Gasteiger partial charge in [0.15, 0.2) is 0 Å². The molecule has 0 aliphatic carbocycles. The van der Waals surface area contributed by atoms with Crippen molar-refractivity contribution < 1.29 is 9.13 Å². The number of benzene rings is 3. The Hall–Kier alpha value is -3.33. The number of aryl methyl sites for hydroxylation is 1. The number of hydrogen-bond donors (Lipinski definition) is 1. The van der Waals surface area contributed by atoms with Crippen molar-refractivity contribution in [2.45, 2.75) is 33.2 Å². The molecule has 0 aromatic heterocycles. The van der Waals surface area contributed by atoms with E-state index in [0.29, 0.717) is 5.75 Å². The zero-order chi connectivity index (χ0) is 21.0. The van der Waals surface area contributed by atoms with Gasteiger partial charge in [-0.3, -0.25) is 0 Å². The summed E-state index contributed by atoms with van der Waals surface area (Å²) in [6.45, 7) is 8.54. The fourth-order valence-electron chi connectivity index (χ4n) is 4.56. The van der Waals surface area contributed by atoms with Crippen LogP contribution in [0.1, 0.15) is 43.0 Å². The number of halogens is 1. The maximum Gasteiger partial charge on any atom is 0.136 e. The first-order chi connectivity index (χ1) is 14.3. The van der Waals surface area contributed by atoms with Crippen molar-refractivity contribution in [1.82, 2.24) is 0 Å². The second-order valence-electron chi connectivity index (χ2n) is 8.69. The lowest BCUT2D eigenvalue weighted by Crippen LogP contribution is -2.32. The van der Waals surface area contributed by atoms with E-state index in [4.69, 9.17) is 4.74 Å². The van der Waals surface area contributed by atoms with Gasteiger partial charge in [-0.1, -0.05) is 36.4 Å². The van der Waals surface area contributed by atoms with Crippen LogP contribution >= 0.6 is 0 Å². The van der Waals surface area contributed by atoms with E-state index in [1.165, 1.54) is 17.2 Å². The molecular formula is C27H24FNO. The number of hydrogen-bond acceptors (Lipinski definition) is 2. The standard InChI is InChI=1S/C27H24FNO/c1-16-7-5-6-8-18(16)13-24-26-20(21-14-19(28)9-12-23(21)30-24)10-11-22-25(26)17(2)15-27(3,4)29-22/h5-15,29H,1-4H3/b24-13-. The first-order valence-electron chi connectivity index (χ1n) is 10.2. The van der Waals surface area contributed by atoms with Gasteiger partial charge < -0.3 is 10.1 Å². The number of nitrogens with one attached hydrogen (secondary N) is 1. The third kappa shape index (κ3) is 3.02. The molecule has 2 nitrogen and oxygen atoms in total. The minimum absolute atomic E-state index is 0.134. The molecule has 0 radical (unpaired) electrons. The Morgan fingerprint density at radius 2 is 1.73 bits per heavy atom. The first kappa shape index (κ1) is 18.7. The van der Waals surface area contributed by atoms with E-state index < -0.39 is 0 Å². The van der Waals surface area contributed by atoms with Crippen LogP contribution in [0.2, 0.25) is 0 Å². The van der Waals surface area contributed by atoms with Gasteiger partial charge in [0.05, 0.1) is 5.54 Å². The van der Waals surface area contributed by atoms with E-state index >= 15 is 0 Å². The zero-order valence-electron chi connectivity index (χ0n) is 17.6. The Bertz CT molecular complexity index is 1250. The third-order valence-electron chi connectivity index (χ3n) is 5.81. The largest absolute Gasteiger partial charge is 0.456 e. The highest BCUT2D eigenvalue weighted by Crippen LogP contribution is 2.49. The summed E-state index contributed by atoms with van der Waals surface area (Å²) in [6.07, 6.45) is 4.33. The van der Waals surface area contributed by atoms with E-state index in [-0.39, 0.29) is 11.4 Å². The molecule has 0 fully saturated rings. The molecule has 5 rings (SSSR count). The molecule has 0 saturated heterocycles. The summed E-state index contributed by atoms with van der Waals surface area (Å²) in [4.78, 5) is 0. The molecule has 150 valence electrons. The molecular weight excluding hydrogens is 373 g/mol. The lowest BCUT2D eigenvalue weighted by Gasteiger charge is -2.35. The number of fused-ring (bicyclic) bond motifs is 5. The summed E-state index contributed by atoms with van der Waals surface area (Å²) < 4.78 is 20.5. The summed E-state index contributed by atoms with van der Waals surface area (Å²) >= 11 is 0. The second kappa shape index (κ2) is 6.60. The predicted molar refractivity (Wildman–Crippen MR) is 123 cm³/mol. The highest BCUT2D eigenvalue weighted by Gasteiger charge is 2.31. The summed E-state index contributed by atoms with van der Waals surface area (Å²) in [6, 6.07) is 17.1. The van der Waals surface area contributed by atoms with Gasteiger partial charge in [-0.15, -0.1) is 0 Å². The Morgan fingerprint density at radius 3 is 2.53 bits per heavy atom. The minimum atomic E-state index is -0.265. The van der Waals surface area contributed by atoms with Crippen LogP contribution in [0.5, 0.6) is 5.75 Å². The lowest BCUT2D eigenvalue weighted by molar-refractivity contribution is 0.511. The van der Waals surface area contributed by atoms with Crippen LogP contribution in [0, 0.1) is 12.7 Å². The second-order valence-corrected chi connectivity index (χ2v) is 8.69. The number of ether oxygens (including phenoxy) is 1. The van der Waals surface area contributed by atoms with Crippen molar-refractivity contribution in [2.24, 2.45) is 0 Å². The van der Waals surface area contributed by atoms with Crippen LogP contribution in [-0.2, 0) is 0 Å². The first-order valence-corrected chi connectivity index (χ1v) is 10.2. The van der Waals surface area contributed by atoms with Crippen molar-refractivity contribution in [3.63, 3.8) is 0 Å². The van der Waals surface area contributed by atoms with Gasteiger partial charge in [0, 0.05) is 22.4 Å². The molecule has 3 aromatic carbocycles. The van der Waals surface area contributed by atoms with E-state index in [2.05, 4.69) is 69.4 Å². The van der Waals surface area contributed by atoms with E-state index in [1.807, 2.05) is 12.1 Å². The van der Waals surface area contributed by atoms with Crippen LogP contribution in [0.4, 0.5) is 10.1 Å². The van der Waals surface area contributed by atoms with Gasteiger partial charge in [-0.25, -0.2) is 4.39 Å². The van der Waals surface area contributed by atoms with Crippen molar-refractivity contribution >= 4 is 23.1 Å². The summed E-state index contributed by atoms with van der Waals surface area (Å²) in [5, 5.41) is 3.61. The number of rotatable bonds is 1. The van der Waals surface area contributed by atoms with Gasteiger partial charge in [0.25, 0.3) is 0 Å². The van der Waals surface area contributed by atoms with Gasteiger partial charge >= 0.3 is 0 Å². The molecule has 0 amide bonds. The molecule has 2 heterocycles. The van der Waals surface area contributed by atoms with Crippen LogP contribution in [-0.4, -0.2) is 5.54 Å². The summed E-state index contributed by atoms with van der Waals surface area (Å²) in [5.41, 5.74) is 8.29. The SMILES string of the molecule is CC1=CC(C)(C)Nc2ccc3c(c21)/C(=C/c1ccccc1C)Oc1ccc(F)cc1-3. The van der Waals surface area contributed by atoms with Gasteiger partial charge in [-0.2, -0.15) is 0 Å². The Balaban J connectivity index is 1.82. The molecule has 1 N–H and O–H groups in total. The molecule has 0 saturated carbocycles. The highest BCUT2D eigenvalue weighted by atomic mass is 19.1. The fraction of sp³-hybridized carbons (Fsp3) is 0.185. The lowest BCUT2D eigenvalue weighted by atomic mass is 9.83. The summed E-state index contributed by atoms with van der Waals surface area (Å²) in [7, 11) is 0. The van der Waals surface area contributed by atoms with Crippen molar-refractivity contribution in [3.05, 3.63) is 88.7 Å². The predicted octanol–water partition coefficient (Wildman–Crippen LogP) is 7.30. The zero-order valence-corrected chi connectivity index (χ0v) is 17.6. The molecule has 0 bridgehead atoms. The highest BCUT2D eigenvalue weighted by molar-refractivity contribution is 6.00.